The van der Waals surface area contributed by atoms with Crippen molar-refractivity contribution in [2.75, 3.05) is 34.4 Å². The summed E-state index contributed by atoms with van der Waals surface area (Å²) in [5.41, 5.74) is 2.24. The van der Waals surface area contributed by atoms with Crippen LogP contribution < -0.4 is 24.8 Å². The number of hydrogen-bond acceptors (Lipinski definition) is 4. The maximum absolute atomic E-state index is 5.70. The molecule has 2 aromatic carbocycles. The molecule has 0 aromatic heterocycles. The zero-order valence-corrected chi connectivity index (χ0v) is 18.6. The standard InChI is InChI=1S/C20H27N3O3.HI/c1-15-5-8-17(9-6-15)26-12-11-22-20(21-2)23-14-16-7-10-18(24-3)13-19(16)25-4;/h5-10,13H,11-12,14H2,1-4H3,(H2,21,22,23);1H. The zero-order valence-electron chi connectivity index (χ0n) is 16.2. The van der Waals surface area contributed by atoms with Crippen molar-refractivity contribution < 1.29 is 14.2 Å². The van der Waals surface area contributed by atoms with Gasteiger partial charge in [0.15, 0.2) is 5.96 Å². The molecule has 6 nitrogen and oxygen atoms in total. The number of ether oxygens (including phenoxy) is 3. The van der Waals surface area contributed by atoms with E-state index in [1.54, 1.807) is 21.3 Å². The number of halogens is 1. The summed E-state index contributed by atoms with van der Waals surface area (Å²) in [7, 11) is 5.02. The fourth-order valence-electron chi connectivity index (χ4n) is 2.37. The fraction of sp³-hybridized carbons (Fsp3) is 0.350. The average molecular weight is 485 g/mol. The summed E-state index contributed by atoms with van der Waals surface area (Å²) in [5.74, 6) is 3.11. The largest absolute Gasteiger partial charge is 0.497 e. The molecule has 0 unspecified atom stereocenters. The number of hydrogen-bond donors (Lipinski definition) is 2. The van der Waals surface area contributed by atoms with E-state index < -0.39 is 0 Å². The molecular weight excluding hydrogens is 457 g/mol. The lowest BCUT2D eigenvalue weighted by Gasteiger charge is -2.15. The van der Waals surface area contributed by atoms with E-state index in [4.69, 9.17) is 14.2 Å². The molecule has 0 radical (unpaired) electrons. The summed E-state index contributed by atoms with van der Waals surface area (Å²) >= 11 is 0. The van der Waals surface area contributed by atoms with E-state index in [0.29, 0.717) is 25.7 Å². The summed E-state index contributed by atoms with van der Waals surface area (Å²) in [6, 6.07) is 13.7. The number of aliphatic imine (C=N–C) groups is 1. The lowest BCUT2D eigenvalue weighted by atomic mass is 10.2. The summed E-state index contributed by atoms with van der Waals surface area (Å²) in [6.07, 6.45) is 0. The minimum absolute atomic E-state index is 0. The minimum atomic E-state index is 0. The van der Waals surface area contributed by atoms with Crippen molar-refractivity contribution in [3.8, 4) is 17.2 Å². The molecule has 2 aromatic rings. The highest BCUT2D eigenvalue weighted by Crippen LogP contribution is 2.24. The zero-order chi connectivity index (χ0) is 18.8. The van der Waals surface area contributed by atoms with Gasteiger partial charge in [-0.1, -0.05) is 17.7 Å². The van der Waals surface area contributed by atoms with Crippen LogP contribution in [-0.2, 0) is 6.54 Å². The van der Waals surface area contributed by atoms with Gasteiger partial charge in [0.25, 0.3) is 0 Å². The van der Waals surface area contributed by atoms with Crippen LogP contribution in [0.15, 0.2) is 47.5 Å². The first-order chi connectivity index (χ1) is 12.7. The average Bonchev–Trinajstić information content (AvgIpc) is 2.68. The lowest BCUT2D eigenvalue weighted by molar-refractivity contribution is 0.322. The van der Waals surface area contributed by atoms with Gasteiger partial charge in [-0.25, -0.2) is 0 Å². The predicted octanol–water partition coefficient (Wildman–Crippen LogP) is 3.37. The van der Waals surface area contributed by atoms with Gasteiger partial charge >= 0.3 is 0 Å². The number of guanidine groups is 1. The van der Waals surface area contributed by atoms with Crippen molar-refractivity contribution in [1.29, 1.82) is 0 Å². The van der Waals surface area contributed by atoms with Crippen LogP contribution in [0.3, 0.4) is 0 Å². The molecule has 0 spiro atoms. The van der Waals surface area contributed by atoms with Crippen LogP contribution >= 0.6 is 24.0 Å². The van der Waals surface area contributed by atoms with Gasteiger partial charge < -0.3 is 24.8 Å². The van der Waals surface area contributed by atoms with E-state index in [2.05, 4.69) is 22.5 Å². The molecule has 0 aliphatic heterocycles. The molecule has 148 valence electrons. The van der Waals surface area contributed by atoms with E-state index in [9.17, 15) is 0 Å². The van der Waals surface area contributed by atoms with Crippen molar-refractivity contribution >= 4 is 29.9 Å². The molecule has 2 N–H and O–H groups in total. The molecule has 0 aliphatic carbocycles. The molecule has 0 fully saturated rings. The van der Waals surface area contributed by atoms with Gasteiger partial charge in [0.1, 0.15) is 23.9 Å². The monoisotopic (exact) mass is 485 g/mol. The Hall–Kier alpha value is -2.16. The van der Waals surface area contributed by atoms with Crippen molar-refractivity contribution in [3.63, 3.8) is 0 Å². The third kappa shape index (κ3) is 7.54. The smallest absolute Gasteiger partial charge is 0.191 e. The van der Waals surface area contributed by atoms with Crippen molar-refractivity contribution in [1.82, 2.24) is 10.6 Å². The van der Waals surface area contributed by atoms with E-state index in [-0.39, 0.29) is 24.0 Å². The Morgan fingerprint density at radius 1 is 0.963 bits per heavy atom. The molecular formula is C20H28IN3O3. The Morgan fingerprint density at radius 3 is 2.30 bits per heavy atom. The normalized spacial score (nSPS) is 10.6. The van der Waals surface area contributed by atoms with E-state index in [0.717, 1.165) is 22.8 Å². The Morgan fingerprint density at radius 2 is 1.67 bits per heavy atom. The third-order valence-corrected chi connectivity index (χ3v) is 3.85. The molecule has 0 aliphatic rings. The second kappa shape index (κ2) is 12.3. The van der Waals surface area contributed by atoms with Crippen LogP contribution in [0.4, 0.5) is 0 Å². The van der Waals surface area contributed by atoms with Gasteiger partial charge in [-0.2, -0.15) is 0 Å². The number of nitrogens with one attached hydrogen (secondary N) is 2. The van der Waals surface area contributed by atoms with Gasteiger partial charge in [-0.15, -0.1) is 24.0 Å². The molecule has 2 rings (SSSR count). The molecule has 0 bridgehead atoms. The maximum atomic E-state index is 5.70. The van der Waals surface area contributed by atoms with Gasteiger partial charge in [0.2, 0.25) is 0 Å². The van der Waals surface area contributed by atoms with E-state index in [1.165, 1.54) is 5.56 Å². The molecule has 0 saturated heterocycles. The van der Waals surface area contributed by atoms with Gasteiger partial charge in [0, 0.05) is 25.2 Å². The highest BCUT2D eigenvalue weighted by molar-refractivity contribution is 14.0. The predicted molar refractivity (Wildman–Crippen MR) is 120 cm³/mol. The van der Waals surface area contributed by atoms with Crippen molar-refractivity contribution in [2.45, 2.75) is 13.5 Å². The number of benzene rings is 2. The fourth-order valence-corrected chi connectivity index (χ4v) is 2.37. The maximum Gasteiger partial charge on any atom is 0.191 e. The molecule has 0 atom stereocenters. The Bertz CT molecular complexity index is 721. The van der Waals surface area contributed by atoms with Crippen LogP contribution in [0.1, 0.15) is 11.1 Å². The first-order valence-corrected chi connectivity index (χ1v) is 8.51. The number of rotatable bonds is 8. The quantitative estimate of drug-likeness (QED) is 0.260. The molecule has 0 amide bonds. The van der Waals surface area contributed by atoms with Crippen LogP contribution in [0.5, 0.6) is 17.2 Å². The van der Waals surface area contributed by atoms with Gasteiger partial charge in [-0.3, -0.25) is 4.99 Å². The van der Waals surface area contributed by atoms with Crippen LogP contribution in [0.25, 0.3) is 0 Å². The molecule has 0 heterocycles. The van der Waals surface area contributed by atoms with Crippen LogP contribution in [0, 0.1) is 6.92 Å². The Labute approximate surface area is 178 Å². The second-order valence-electron chi connectivity index (χ2n) is 5.69. The molecule has 27 heavy (non-hydrogen) atoms. The van der Waals surface area contributed by atoms with Crippen molar-refractivity contribution in [3.05, 3.63) is 53.6 Å². The summed E-state index contributed by atoms with van der Waals surface area (Å²) in [5, 5.41) is 6.50. The Balaban J connectivity index is 0.00000364. The first-order valence-electron chi connectivity index (χ1n) is 8.51. The summed E-state index contributed by atoms with van der Waals surface area (Å²) in [4.78, 5) is 4.22. The first kappa shape index (κ1) is 22.9. The number of aryl methyl sites for hydroxylation is 1. The third-order valence-electron chi connectivity index (χ3n) is 3.85. The topological polar surface area (TPSA) is 64.1 Å². The highest BCUT2D eigenvalue weighted by atomic mass is 127. The second-order valence-corrected chi connectivity index (χ2v) is 5.69. The summed E-state index contributed by atoms with van der Waals surface area (Å²) < 4.78 is 16.3. The van der Waals surface area contributed by atoms with Gasteiger partial charge in [-0.05, 0) is 31.2 Å². The SMILES string of the molecule is CN=C(NCCOc1ccc(C)cc1)NCc1ccc(OC)cc1OC.I. The van der Waals surface area contributed by atoms with Crippen molar-refractivity contribution in [2.24, 2.45) is 4.99 Å². The van der Waals surface area contributed by atoms with E-state index >= 15 is 0 Å². The van der Waals surface area contributed by atoms with Crippen LogP contribution in [0.2, 0.25) is 0 Å². The van der Waals surface area contributed by atoms with Gasteiger partial charge in [0.05, 0.1) is 20.8 Å². The minimum Gasteiger partial charge on any atom is -0.497 e. The Kier molecular flexibility index (Phi) is 10.4. The molecule has 7 heteroatoms. The van der Waals surface area contributed by atoms with Crippen LogP contribution in [-0.4, -0.2) is 40.4 Å². The summed E-state index contributed by atoms with van der Waals surface area (Å²) in [6.45, 7) is 3.84. The lowest BCUT2D eigenvalue weighted by Crippen LogP contribution is -2.38. The van der Waals surface area contributed by atoms with E-state index in [1.807, 2.05) is 42.5 Å². The number of methoxy groups -OCH3 is 2. The number of nitrogens with zero attached hydrogens (tertiary/aromatic N) is 1. The molecule has 0 saturated carbocycles. The highest BCUT2D eigenvalue weighted by Gasteiger charge is 2.06.